The van der Waals surface area contributed by atoms with Gasteiger partial charge in [0.25, 0.3) is 5.91 Å². The van der Waals surface area contributed by atoms with Crippen molar-refractivity contribution >= 4 is 27.5 Å². The van der Waals surface area contributed by atoms with Crippen molar-refractivity contribution < 1.29 is 18.0 Å². The molecule has 3 N–H and O–H groups in total. The fourth-order valence-corrected chi connectivity index (χ4v) is 4.43. The Kier molecular flexibility index (Phi) is 6.58. The van der Waals surface area contributed by atoms with Gasteiger partial charge in [0.1, 0.15) is 0 Å². The Morgan fingerprint density at radius 2 is 1.68 bits per heavy atom. The largest absolute Gasteiger partial charge is 0.366 e. The normalized spacial score (nSPS) is 11.5. The number of primary amides is 1. The number of hydrogen-bond donors (Lipinski definition) is 2. The van der Waals surface area contributed by atoms with E-state index in [9.17, 15) is 18.0 Å². The molecule has 0 atom stereocenters. The molecule has 7 nitrogen and oxygen atoms in total. The molecule has 2 rings (SSSR count). The SMILES string of the molecule is CCN(CC)S(=O)(=O)c1ccc(C)c(C(=O)Nc2cccc(C(N)=O)c2C)c1. The van der Waals surface area contributed by atoms with Crippen LogP contribution in [0.4, 0.5) is 5.69 Å². The lowest BCUT2D eigenvalue weighted by molar-refractivity contribution is 0.0995. The van der Waals surface area contributed by atoms with E-state index in [1.807, 2.05) is 0 Å². The first-order chi connectivity index (χ1) is 13.1. The minimum absolute atomic E-state index is 0.0644. The highest BCUT2D eigenvalue weighted by atomic mass is 32.2. The monoisotopic (exact) mass is 403 g/mol. The molecule has 150 valence electrons. The number of carbonyl (C=O) groups excluding carboxylic acids is 2. The van der Waals surface area contributed by atoms with E-state index in [0.29, 0.717) is 35.5 Å². The van der Waals surface area contributed by atoms with Crippen molar-refractivity contribution in [2.24, 2.45) is 5.73 Å². The number of nitrogens with one attached hydrogen (secondary N) is 1. The number of amides is 2. The highest BCUT2D eigenvalue weighted by Crippen LogP contribution is 2.23. The molecule has 0 radical (unpaired) electrons. The summed E-state index contributed by atoms with van der Waals surface area (Å²) in [4.78, 5) is 24.4. The topological polar surface area (TPSA) is 110 Å². The van der Waals surface area contributed by atoms with Crippen molar-refractivity contribution in [2.75, 3.05) is 18.4 Å². The van der Waals surface area contributed by atoms with Gasteiger partial charge in [-0.05, 0) is 49.2 Å². The molecule has 0 aliphatic carbocycles. The number of hydrogen-bond acceptors (Lipinski definition) is 4. The summed E-state index contributed by atoms with van der Waals surface area (Å²) in [6.45, 7) is 7.62. The molecule has 0 aromatic heterocycles. The van der Waals surface area contributed by atoms with Gasteiger partial charge in [0, 0.05) is 29.9 Å². The van der Waals surface area contributed by atoms with Crippen molar-refractivity contribution in [1.82, 2.24) is 4.31 Å². The molecule has 0 bridgehead atoms. The van der Waals surface area contributed by atoms with Crippen LogP contribution in [0.5, 0.6) is 0 Å². The first-order valence-corrected chi connectivity index (χ1v) is 10.4. The molecule has 0 saturated heterocycles. The molecule has 0 saturated carbocycles. The smallest absolute Gasteiger partial charge is 0.255 e. The van der Waals surface area contributed by atoms with Crippen LogP contribution in [0.3, 0.4) is 0 Å². The van der Waals surface area contributed by atoms with E-state index in [0.717, 1.165) is 0 Å². The van der Waals surface area contributed by atoms with Gasteiger partial charge >= 0.3 is 0 Å². The quantitative estimate of drug-likeness (QED) is 0.740. The second kappa shape index (κ2) is 8.53. The van der Waals surface area contributed by atoms with Crippen LogP contribution in [0.1, 0.15) is 45.7 Å². The lowest BCUT2D eigenvalue weighted by atomic mass is 10.0. The number of nitrogens with two attached hydrogens (primary N) is 1. The summed E-state index contributed by atoms with van der Waals surface area (Å²) in [7, 11) is -3.68. The maximum atomic E-state index is 12.8. The molecule has 0 aliphatic heterocycles. The summed E-state index contributed by atoms with van der Waals surface area (Å²) in [5, 5.41) is 2.74. The molecular weight excluding hydrogens is 378 g/mol. The van der Waals surface area contributed by atoms with E-state index in [-0.39, 0.29) is 10.5 Å². The minimum atomic E-state index is -3.68. The Morgan fingerprint density at radius 3 is 2.25 bits per heavy atom. The van der Waals surface area contributed by atoms with E-state index < -0.39 is 21.8 Å². The Balaban J connectivity index is 2.42. The molecule has 0 aliphatic rings. The van der Waals surface area contributed by atoms with E-state index in [1.165, 1.54) is 16.4 Å². The number of benzene rings is 2. The molecule has 0 fully saturated rings. The van der Waals surface area contributed by atoms with Crippen molar-refractivity contribution in [3.05, 3.63) is 58.7 Å². The standard InChI is InChI=1S/C20H25N3O4S/c1-5-23(6-2)28(26,27)15-11-10-13(3)17(12-15)20(25)22-18-9-7-8-16(14(18)4)19(21)24/h7-12H,5-6H2,1-4H3,(H2,21,24)(H,22,25). The summed E-state index contributed by atoms with van der Waals surface area (Å²) < 4.78 is 26.8. The molecule has 28 heavy (non-hydrogen) atoms. The van der Waals surface area contributed by atoms with Crippen LogP contribution in [-0.2, 0) is 10.0 Å². The first-order valence-electron chi connectivity index (χ1n) is 8.95. The highest BCUT2D eigenvalue weighted by Gasteiger charge is 2.23. The van der Waals surface area contributed by atoms with Crippen LogP contribution in [0.2, 0.25) is 0 Å². The second-order valence-electron chi connectivity index (χ2n) is 6.36. The van der Waals surface area contributed by atoms with Crippen LogP contribution < -0.4 is 11.1 Å². The first kappa shape index (κ1) is 21.6. The molecule has 0 heterocycles. The number of sulfonamides is 1. The van der Waals surface area contributed by atoms with Crippen molar-refractivity contribution in [3.63, 3.8) is 0 Å². The van der Waals surface area contributed by atoms with Gasteiger partial charge in [-0.1, -0.05) is 26.0 Å². The average molecular weight is 404 g/mol. The minimum Gasteiger partial charge on any atom is -0.366 e. The lowest BCUT2D eigenvalue weighted by Gasteiger charge is -2.19. The fraction of sp³-hybridized carbons (Fsp3) is 0.300. The summed E-state index contributed by atoms with van der Waals surface area (Å²) >= 11 is 0. The van der Waals surface area contributed by atoms with E-state index in [1.54, 1.807) is 52.0 Å². The molecule has 2 aromatic carbocycles. The number of nitrogens with zero attached hydrogens (tertiary/aromatic N) is 1. The van der Waals surface area contributed by atoms with E-state index >= 15 is 0 Å². The maximum Gasteiger partial charge on any atom is 0.255 e. The number of aryl methyl sites for hydroxylation is 1. The third kappa shape index (κ3) is 4.23. The van der Waals surface area contributed by atoms with Crippen LogP contribution in [-0.4, -0.2) is 37.6 Å². The summed E-state index contributed by atoms with van der Waals surface area (Å²) in [6.07, 6.45) is 0. The van der Waals surface area contributed by atoms with Crippen LogP contribution in [0.25, 0.3) is 0 Å². The van der Waals surface area contributed by atoms with Gasteiger partial charge in [0.2, 0.25) is 15.9 Å². The van der Waals surface area contributed by atoms with Crippen LogP contribution >= 0.6 is 0 Å². The zero-order valence-corrected chi connectivity index (χ0v) is 17.3. The van der Waals surface area contributed by atoms with Crippen molar-refractivity contribution in [1.29, 1.82) is 0 Å². The highest BCUT2D eigenvalue weighted by molar-refractivity contribution is 7.89. The predicted octanol–water partition coefficient (Wildman–Crippen LogP) is 2.69. The Morgan fingerprint density at radius 1 is 1.04 bits per heavy atom. The Bertz CT molecular complexity index is 1010. The molecule has 8 heteroatoms. The number of anilines is 1. The number of rotatable bonds is 7. The molecule has 0 spiro atoms. The summed E-state index contributed by atoms with van der Waals surface area (Å²) in [5.74, 6) is -1.05. The van der Waals surface area contributed by atoms with Crippen molar-refractivity contribution in [3.8, 4) is 0 Å². The second-order valence-corrected chi connectivity index (χ2v) is 8.30. The third-order valence-corrected chi connectivity index (χ3v) is 6.69. The van der Waals surface area contributed by atoms with E-state index in [4.69, 9.17) is 5.73 Å². The zero-order chi connectivity index (χ0) is 21.1. The van der Waals surface area contributed by atoms with Gasteiger partial charge in [0.05, 0.1) is 4.90 Å². The van der Waals surface area contributed by atoms with Gasteiger partial charge in [0.15, 0.2) is 0 Å². The van der Waals surface area contributed by atoms with E-state index in [2.05, 4.69) is 5.32 Å². The third-order valence-electron chi connectivity index (χ3n) is 4.64. The number of carbonyl (C=O) groups is 2. The summed E-state index contributed by atoms with van der Waals surface area (Å²) in [6, 6.07) is 9.35. The lowest BCUT2D eigenvalue weighted by Crippen LogP contribution is -2.30. The van der Waals surface area contributed by atoms with Crippen LogP contribution in [0.15, 0.2) is 41.3 Å². The average Bonchev–Trinajstić information content (AvgIpc) is 2.64. The van der Waals surface area contributed by atoms with Gasteiger partial charge in [-0.25, -0.2) is 8.42 Å². The van der Waals surface area contributed by atoms with Crippen molar-refractivity contribution in [2.45, 2.75) is 32.6 Å². The fourth-order valence-electron chi connectivity index (χ4n) is 2.95. The predicted molar refractivity (Wildman–Crippen MR) is 109 cm³/mol. The van der Waals surface area contributed by atoms with Gasteiger partial charge in [-0.2, -0.15) is 4.31 Å². The maximum absolute atomic E-state index is 12.8. The van der Waals surface area contributed by atoms with Gasteiger partial charge in [-0.15, -0.1) is 0 Å². The van der Waals surface area contributed by atoms with Gasteiger partial charge in [-0.3, -0.25) is 9.59 Å². The molecule has 2 aromatic rings. The van der Waals surface area contributed by atoms with Gasteiger partial charge < -0.3 is 11.1 Å². The zero-order valence-electron chi connectivity index (χ0n) is 16.4. The Hall–Kier alpha value is -2.71. The Labute approximate surface area is 165 Å². The summed E-state index contributed by atoms with van der Waals surface area (Å²) in [5.41, 5.74) is 7.54. The van der Waals surface area contributed by atoms with Crippen LogP contribution in [0, 0.1) is 13.8 Å². The molecular formula is C20H25N3O4S. The molecule has 0 unspecified atom stereocenters. The molecule has 2 amide bonds.